The zero-order valence-electron chi connectivity index (χ0n) is 18.9. The molecule has 2 aromatic heterocycles. The Morgan fingerprint density at radius 1 is 1.06 bits per heavy atom. The van der Waals surface area contributed by atoms with Crippen LogP contribution in [-0.4, -0.2) is 52.8 Å². The number of aliphatic hydroxyl groups is 1. The van der Waals surface area contributed by atoms with E-state index in [4.69, 9.17) is 4.74 Å². The lowest BCUT2D eigenvalue weighted by atomic mass is 10.0. The molecule has 1 fully saturated rings. The third-order valence-corrected chi connectivity index (χ3v) is 6.60. The van der Waals surface area contributed by atoms with Gasteiger partial charge in [0.1, 0.15) is 5.75 Å². The van der Waals surface area contributed by atoms with Gasteiger partial charge in [0.25, 0.3) is 0 Å². The molecule has 2 N–H and O–H groups in total. The average molecular weight is 443 g/mol. The Morgan fingerprint density at radius 3 is 2.76 bits per heavy atom. The van der Waals surface area contributed by atoms with Gasteiger partial charge in [-0.3, -0.25) is 9.97 Å². The molecular weight excluding hydrogens is 412 g/mol. The first-order chi connectivity index (χ1) is 16.2. The van der Waals surface area contributed by atoms with Crippen molar-refractivity contribution in [3.05, 3.63) is 78.1 Å². The van der Waals surface area contributed by atoms with Crippen molar-refractivity contribution >= 4 is 21.8 Å². The highest BCUT2D eigenvalue weighted by molar-refractivity contribution is 5.84. The SMILES string of the molecule is COc1ccc2nccc([C@@H](O)CN3CCC(NCc4cnc5ccccc5c4)CC3)c2c1. The van der Waals surface area contributed by atoms with E-state index in [-0.39, 0.29) is 0 Å². The second-order valence-corrected chi connectivity index (χ2v) is 8.79. The summed E-state index contributed by atoms with van der Waals surface area (Å²) in [7, 11) is 1.66. The summed E-state index contributed by atoms with van der Waals surface area (Å²) in [6.07, 6.45) is 5.31. The number of hydrogen-bond acceptors (Lipinski definition) is 6. The van der Waals surface area contributed by atoms with E-state index in [1.165, 1.54) is 10.9 Å². The van der Waals surface area contributed by atoms with Crippen molar-refractivity contribution in [3.63, 3.8) is 0 Å². The lowest BCUT2D eigenvalue weighted by Crippen LogP contribution is -2.43. The van der Waals surface area contributed by atoms with Crippen LogP contribution in [0, 0.1) is 0 Å². The maximum Gasteiger partial charge on any atom is 0.119 e. The smallest absolute Gasteiger partial charge is 0.119 e. The number of nitrogens with zero attached hydrogens (tertiary/aromatic N) is 3. The van der Waals surface area contributed by atoms with E-state index in [2.05, 4.69) is 38.4 Å². The second kappa shape index (κ2) is 9.83. The number of hydrogen-bond donors (Lipinski definition) is 2. The van der Waals surface area contributed by atoms with Gasteiger partial charge in [-0.15, -0.1) is 0 Å². The number of ether oxygens (including phenoxy) is 1. The van der Waals surface area contributed by atoms with E-state index in [1.54, 1.807) is 13.3 Å². The van der Waals surface area contributed by atoms with Gasteiger partial charge in [0, 0.05) is 42.3 Å². The van der Waals surface area contributed by atoms with Gasteiger partial charge >= 0.3 is 0 Å². The standard InChI is InChI=1S/C27H30N4O2/c1-33-22-6-7-26-24(15-22)23(8-11-28-26)27(32)18-31-12-9-21(10-13-31)29-16-19-14-20-4-2-3-5-25(20)30-17-19/h2-8,11,14-15,17,21,27,29,32H,9-10,12-13,16,18H2,1H3/t27-/m0/s1. The van der Waals surface area contributed by atoms with Crippen LogP contribution in [0.3, 0.4) is 0 Å². The van der Waals surface area contributed by atoms with Crippen molar-refractivity contribution < 1.29 is 9.84 Å². The molecule has 6 heteroatoms. The van der Waals surface area contributed by atoms with Gasteiger partial charge in [-0.25, -0.2) is 0 Å². The molecule has 1 atom stereocenters. The number of β-amino-alcohol motifs (C(OH)–C–C–N with tert-alkyl or cyclic N) is 1. The summed E-state index contributed by atoms with van der Waals surface area (Å²) in [5.41, 5.74) is 4.03. The monoisotopic (exact) mass is 442 g/mol. The van der Waals surface area contributed by atoms with Crippen LogP contribution in [0.15, 0.2) is 67.0 Å². The molecule has 6 nitrogen and oxygen atoms in total. The summed E-state index contributed by atoms with van der Waals surface area (Å²) in [6.45, 7) is 3.39. The molecular formula is C27H30N4O2. The van der Waals surface area contributed by atoms with Gasteiger partial charge in [-0.1, -0.05) is 18.2 Å². The van der Waals surface area contributed by atoms with E-state index in [1.807, 2.05) is 42.6 Å². The number of pyridine rings is 2. The summed E-state index contributed by atoms with van der Waals surface area (Å²) in [6, 6.07) is 18.6. The molecule has 0 spiro atoms. The fraction of sp³-hybridized carbons (Fsp3) is 0.333. The second-order valence-electron chi connectivity index (χ2n) is 8.79. The minimum Gasteiger partial charge on any atom is -0.497 e. The molecule has 0 aliphatic carbocycles. The lowest BCUT2D eigenvalue weighted by Gasteiger charge is -2.33. The molecule has 4 aromatic rings. The molecule has 1 saturated heterocycles. The third-order valence-electron chi connectivity index (χ3n) is 6.60. The highest BCUT2D eigenvalue weighted by Gasteiger charge is 2.22. The summed E-state index contributed by atoms with van der Waals surface area (Å²) < 4.78 is 5.36. The maximum absolute atomic E-state index is 11.0. The van der Waals surface area contributed by atoms with Crippen molar-refractivity contribution in [3.8, 4) is 5.75 Å². The molecule has 2 aromatic carbocycles. The number of piperidine rings is 1. The van der Waals surface area contributed by atoms with Gasteiger partial charge in [0.2, 0.25) is 0 Å². The molecule has 0 radical (unpaired) electrons. The Hall–Kier alpha value is -3.06. The number of likely N-dealkylation sites (tertiary alicyclic amines) is 1. The van der Waals surface area contributed by atoms with Crippen LogP contribution < -0.4 is 10.1 Å². The number of nitrogens with one attached hydrogen (secondary N) is 1. The molecule has 5 rings (SSSR count). The van der Waals surface area contributed by atoms with E-state index >= 15 is 0 Å². The van der Waals surface area contributed by atoms with Crippen molar-refractivity contribution in [2.45, 2.75) is 31.5 Å². The Labute approximate surface area is 194 Å². The minimum atomic E-state index is -0.559. The predicted octanol–water partition coefficient (Wildman–Crippen LogP) is 4.08. The Bertz CT molecular complexity index is 1240. The topological polar surface area (TPSA) is 70.5 Å². The van der Waals surface area contributed by atoms with E-state index < -0.39 is 6.10 Å². The first-order valence-electron chi connectivity index (χ1n) is 11.6. The molecule has 0 amide bonds. The summed E-state index contributed by atoms with van der Waals surface area (Å²) in [4.78, 5) is 11.3. The fourth-order valence-electron chi connectivity index (χ4n) is 4.70. The first-order valence-corrected chi connectivity index (χ1v) is 11.6. The zero-order valence-corrected chi connectivity index (χ0v) is 18.9. The molecule has 0 unspecified atom stereocenters. The van der Waals surface area contributed by atoms with Crippen molar-refractivity contribution in [2.75, 3.05) is 26.7 Å². The molecule has 0 bridgehead atoms. The number of aliphatic hydroxyl groups excluding tert-OH is 1. The zero-order chi connectivity index (χ0) is 22.6. The van der Waals surface area contributed by atoms with E-state index in [0.29, 0.717) is 12.6 Å². The van der Waals surface area contributed by atoms with Crippen LogP contribution in [0.5, 0.6) is 5.75 Å². The molecule has 1 aliphatic rings. The number of aromatic nitrogens is 2. The lowest BCUT2D eigenvalue weighted by molar-refractivity contribution is 0.0949. The predicted molar refractivity (Wildman–Crippen MR) is 131 cm³/mol. The molecule has 1 aliphatic heterocycles. The number of fused-ring (bicyclic) bond motifs is 2. The van der Waals surface area contributed by atoms with Crippen LogP contribution in [-0.2, 0) is 6.54 Å². The number of benzene rings is 2. The Kier molecular flexibility index (Phi) is 6.48. The van der Waals surface area contributed by atoms with Crippen LogP contribution in [0.1, 0.15) is 30.1 Å². The van der Waals surface area contributed by atoms with Gasteiger partial charge in [-0.05, 0) is 73.5 Å². The molecule has 0 saturated carbocycles. The summed E-state index contributed by atoms with van der Waals surface area (Å²) in [5.74, 6) is 0.775. The van der Waals surface area contributed by atoms with Crippen LogP contribution >= 0.6 is 0 Å². The average Bonchev–Trinajstić information content (AvgIpc) is 2.87. The molecule has 170 valence electrons. The largest absolute Gasteiger partial charge is 0.497 e. The highest BCUT2D eigenvalue weighted by Crippen LogP contribution is 2.27. The molecule has 3 heterocycles. The highest BCUT2D eigenvalue weighted by atomic mass is 16.5. The van der Waals surface area contributed by atoms with E-state index in [0.717, 1.165) is 60.2 Å². The van der Waals surface area contributed by atoms with Crippen LogP contribution in [0.25, 0.3) is 21.8 Å². The quantitative estimate of drug-likeness (QED) is 0.450. The Morgan fingerprint density at radius 2 is 1.91 bits per heavy atom. The van der Waals surface area contributed by atoms with Crippen molar-refractivity contribution in [1.29, 1.82) is 0 Å². The number of methoxy groups -OCH3 is 1. The van der Waals surface area contributed by atoms with Crippen molar-refractivity contribution in [2.24, 2.45) is 0 Å². The van der Waals surface area contributed by atoms with E-state index in [9.17, 15) is 5.11 Å². The van der Waals surface area contributed by atoms with Gasteiger partial charge < -0.3 is 20.1 Å². The maximum atomic E-state index is 11.0. The first kappa shape index (κ1) is 21.8. The van der Waals surface area contributed by atoms with Gasteiger partial charge in [-0.2, -0.15) is 0 Å². The third kappa shape index (κ3) is 4.98. The van der Waals surface area contributed by atoms with Crippen molar-refractivity contribution in [1.82, 2.24) is 20.2 Å². The minimum absolute atomic E-state index is 0.482. The van der Waals surface area contributed by atoms with Gasteiger partial charge in [0.05, 0.1) is 24.2 Å². The number of rotatable bonds is 7. The molecule has 33 heavy (non-hydrogen) atoms. The van der Waals surface area contributed by atoms with Crippen LogP contribution in [0.2, 0.25) is 0 Å². The normalized spacial score (nSPS) is 16.3. The van der Waals surface area contributed by atoms with Gasteiger partial charge in [0.15, 0.2) is 0 Å². The number of para-hydroxylation sites is 1. The van der Waals surface area contributed by atoms with Crippen LogP contribution in [0.4, 0.5) is 0 Å². The fourth-order valence-corrected chi connectivity index (χ4v) is 4.70. The Balaban J connectivity index is 1.15. The summed E-state index contributed by atoms with van der Waals surface area (Å²) in [5, 5.41) is 16.8. The summed E-state index contributed by atoms with van der Waals surface area (Å²) >= 11 is 0.